The molecule has 2 nitrogen and oxygen atoms in total. The molecular formula is C23H30FNO. The van der Waals surface area contributed by atoms with Crippen LogP contribution in [0.5, 0.6) is 0 Å². The van der Waals surface area contributed by atoms with E-state index in [1.54, 1.807) is 17.0 Å². The second-order valence-electron chi connectivity index (χ2n) is 7.88. The zero-order valence-corrected chi connectivity index (χ0v) is 15.9. The molecule has 1 fully saturated rings. The first-order valence-electron chi connectivity index (χ1n) is 9.99. The number of rotatable bonds is 7. The fraction of sp³-hybridized carbons (Fsp3) is 0.522. The number of hydrogen-bond acceptors (Lipinski definition) is 1. The Labute approximate surface area is 156 Å². The van der Waals surface area contributed by atoms with Crippen molar-refractivity contribution in [2.75, 3.05) is 6.54 Å². The van der Waals surface area contributed by atoms with Gasteiger partial charge in [-0.1, -0.05) is 76.3 Å². The molecule has 140 valence electrons. The second-order valence-corrected chi connectivity index (χ2v) is 7.88. The lowest BCUT2D eigenvalue weighted by atomic mass is 9.74. The summed E-state index contributed by atoms with van der Waals surface area (Å²) in [6, 6.07) is 4.72. The summed E-state index contributed by atoms with van der Waals surface area (Å²) in [4.78, 5) is 14.2. The van der Waals surface area contributed by atoms with Gasteiger partial charge >= 0.3 is 0 Å². The SMILES string of the molecule is C=C(CCC1CCCCC1CCC)CN1C(=C)c2cccc(F)c2C1=O. The maximum atomic E-state index is 14.0. The molecule has 1 saturated carbocycles. The molecule has 3 rings (SSSR count). The summed E-state index contributed by atoms with van der Waals surface area (Å²) in [5, 5.41) is 0. The lowest BCUT2D eigenvalue weighted by Gasteiger charge is -2.32. The Morgan fingerprint density at radius 3 is 2.58 bits per heavy atom. The molecule has 1 heterocycles. The van der Waals surface area contributed by atoms with E-state index >= 15 is 0 Å². The van der Waals surface area contributed by atoms with Crippen molar-refractivity contribution >= 4 is 11.6 Å². The van der Waals surface area contributed by atoms with Crippen molar-refractivity contribution in [3.05, 3.63) is 53.9 Å². The van der Waals surface area contributed by atoms with E-state index in [2.05, 4.69) is 20.1 Å². The van der Waals surface area contributed by atoms with E-state index in [-0.39, 0.29) is 11.5 Å². The Morgan fingerprint density at radius 1 is 1.23 bits per heavy atom. The number of nitrogens with zero attached hydrogens (tertiary/aromatic N) is 1. The average molecular weight is 355 g/mol. The minimum Gasteiger partial charge on any atom is -0.304 e. The van der Waals surface area contributed by atoms with Crippen LogP contribution in [0.1, 0.15) is 74.2 Å². The van der Waals surface area contributed by atoms with Crippen LogP contribution in [-0.2, 0) is 0 Å². The summed E-state index contributed by atoms with van der Waals surface area (Å²) in [5.41, 5.74) is 2.39. The van der Waals surface area contributed by atoms with E-state index in [1.807, 2.05) is 0 Å². The number of carbonyl (C=O) groups is 1. The van der Waals surface area contributed by atoms with Crippen LogP contribution in [0.4, 0.5) is 4.39 Å². The van der Waals surface area contributed by atoms with Crippen LogP contribution < -0.4 is 0 Å². The quantitative estimate of drug-likeness (QED) is 0.534. The summed E-state index contributed by atoms with van der Waals surface area (Å²) in [6.07, 6.45) is 10.1. The van der Waals surface area contributed by atoms with Gasteiger partial charge in [0.1, 0.15) is 5.82 Å². The first kappa shape index (κ1) is 18.9. The predicted octanol–water partition coefficient (Wildman–Crippen LogP) is 6.20. The molecule has 1 aliphatic heterocycles. The lowest BCUT2D eigenvalue weighted by molar-refractivity contribution is 0.0854. The van der Waals surface area contributed by atoms with Gasteiger partial charge in [0, 0.05) is 17.8 Å². The molecule has 0 aromatic heterocycles. The normalized spacial score (nSPS) is 22.6. The lowest BCUT2D eigenvalue weighted by Crippen LogP contribution is -2.26. The molecule has 0 N–H and O–H groups in total. The average Bonchev–Trinajstić information content (AvgIpc) is 2.87. The van der Waals surface area contributed by atoms with Crippen molar-refractivity contribution in [1.29, 1.82) is 0 Å². The molecule has 2 unspecified atom stereocenters. The smallest absolute Gasteiger partial charge is 0.262 e. The summed E-state index contributed by atoms with van der Waals surface area (Å²) >= 11 is 0. The third-order valence-corrected chi connectivity index (χ3v) is 6.09. The van der Waals surface area contributed by atoms with Crippen molar-refractivity contribution in [3.63, 3.8) is 0 Å². The highest BCUT2D eigenvalue weighted by Crippen LogP contribution is 2.37. The maximum Gasteiger partial charge on any atom is 0.262 e. The van der Waals surface area contributed by atoms with E-state index in [4.69, 9.17) is 0 Å². The van der Waals surface area contributed by atoms with Gasteiger partial charge in [0.2, 0.25) is 0 Å². The van der Waals surface area contributed by atoms with Gasteiger partial charge in [0.15, 0.2) is 0 Å². The van der Waals surface area contributed by atoms with Crippen LogP contribution in [0.2, 0.25) is 0 Å². The summed E-state index contributed by atoms with van der Waals surface area (Å²) < 4.78 is 14.0. The first-order chi connectivity index (χ1) is 12.5. The van der Waals surface area contributed by atoms with Crippen LogP contribution in [0.15, 0.2) is 36.9 Å². The molecule has 0 spiro atoms. The molecule has 0 radical (unpaired) electrons. The van der Waals surface area contributed by atoms with Crippen LogP contribution in [0.25, 0.3) is 5.70 Å². The van der Waals surface area contributed by atoms with Gasteiger partial charge in [-0.15, -0.1) is 0 Å². The van der Waals surface area contributed by atoms with Crippen LogP contribution in [0.3, 0.4) is 0 Å². The van der Waals surface area contributed by atoms with Gasteiger partial charge in [0.25, 0.3) is 5.91 Å². The van der Waals surface area contributed by atoms with Crippen molar-refractivity contribution in [2.24, 2.45) is 11.8 Å². The standard InChI is InChI=1S/C23H30FNO/c1-4-8-18-9-5-6-10-19(18)14-13-16(2)15-25-17(3)20-11-7-12-21(24)22(20)23(25)26/h7,11-12,18-19H,2-6,8-10,13-15H2,1H3. The van der Waals surface area contributed by atoms with Crippen LogP contribution >= 0.6 is 0 Å². The topological polar surface area (TPSA) is 20.3 Å². The van der Waals surface area contributed by atoms with Crippen molar-refractivity contribution < 1.29 is 9.18 Å². The van der Waals surface area contributed by atoms with Crippen molar-refractivity contribution in [2.45, 2.75) is 58.3 Å². The van der Waals surface area contributed by atoms with E-state index in [0.29, 0.717) is 17.8 Å². The fourth-order valence-corrected chi connectivity index (χ4v) is 4.66. The molecule has 2 aliphatic rings. The Morgan fingerprint density at radius 2 is 1.92 bits per heavy atom. The Bertz CT molecular complexity index is 706. The number of benzene rings is 1. The zero-order valence-electron chi connectivity index (χ0n) is 15.9. The van der Waals surface area contributed by atoms with E-state index in [0.717, 1.165) is 30.3 Å². The Kier molecular flexibility index (Phi) is 5.95. The Hall–Kier alpha value is -1.90. The molecule has 1 amide bonds. The van der Waals surface area contributed by atoms with E-state index < -0.39 is 5.82 Å². The van der Waals surface area contributed by atoms with Gasteiger partial charge in [0.05, 0.1) is 5.56 Å². The Balaban J connectivity index is 1.58. The molecule has 0 bridgehead atoms. The van der Waals surface area contributed by atoms with Crippen LogP contribution in [0, 0.1) is 17.7 Å². The maximum absolute atomic E-state index is 14.0. The number of hydrogen-bond donors (Lipinski definition) is 0. The minimum atomic E-state index is -0.466. The van der Waals surface area contributed by atoms with E-state index in [1.165, 1.54) is 44.6 Å². The third kappa shape index (κ3) is 3.77. The number of halogens is 1. The summed E-state index contributed by atoms with van der Waals surface area (Å²) in [7, 11) is 0. The van der Waals surface area contributed by atoms with Gasteiger partial charge < -0.3 is 4.90 Å². The molecule has 1 aliphatic carbocycles. The molecule has 2 atom stereocenters. The fourth-order valence-electron chi connectivity index (χ4n) is 4.66. The first-order valence-corrected chi connectivity index (χ1v) is 9.99. The summed E-state index contributed by atoms with van der Waals surface area (Å²) in [5.74, 6) is 0.882. The monoisotopic (exact) mass is 355 g/mol. The minimum absolute atomic E-state index is 0.153. The molecule has 3 heteroatoms. The van der Waals surface area contributed by atoms with Crippen molar-refractivity contribution in [1.82, 2.24) is 4.90 Å². The second kappa shape index (κ2) is 8.20. The van der Waals surface area contributed by atoms with Gasteiger partial charge in [-0.25, -0.2) is 4.39 Å². The van der Waals surface area contributed by atoms with Crippen molar-refractivity contribution in [3.8, 4) is 0 Å². The number of amides is 1. The van der Waals surface area contributed by atoms with E-state index in [9.17, 15) is 9.18 Å². The highest BCUT2D eigenvalue weighted by Gasteiger charge is 2.33. The molecule has 1 aromatic carbocycles. The van der Waals surface area contributed by atoms with Gasteiger partial charge in [-0.3, -0.25) is 4.79 Å². The van der Waals surface area contributed by atoms with Gasteiger partial charge in [-0.2, -0.15) is 0 Å². The van der Waals surface area contributed by atoms with Crippen LogP contribution in [-0.4, -0.2) is 17.4 Å². The molecule has 1 aromatic rings. The zero-order chi connectivity index (χ0) is 18.7. The highest BCUT2D eigenvalue weighted by atomic mass is 19.1. The third-order valence-electron chi connectivity index (χ3n) is 6.09. The highest BCUT2D eigenvalue weighted by molar-refractivity contribution is 6.09. The largest absolute Gasteiger partial charge is 0.304 e. The number of carbonyl (C=O) groups excluding carboxylic acids is 1. The molecule has 0 saturated heterocycles. The molecular weight excluding hydrogens is 325 g/mol. The molecule has 26 heavy (non-hydrogen) atoms. The summed E-state index contributed by atoms with van der Waals surface area (Å²) in [6.45, 7) is 10.9. The van der Waals surface area contributed by atoms with Gasteiger partial charge in [-0.05, 0) is 30.7 Å². The number of fused-ring (bicyclic) bond motifs is 1. The predicted molar refractivity (Wildman–Crippen MR) is 105 cm³/mol.